The van der Waals surface area contributed by atoms with E-state index in [0.29, 0.717) is 50.0 Å². The molecule has 2 aliphatic rings. The summed E-state index contributed by atoms with van der Waals surface area (Å²) in [5.41, 5.74) is 0.353. The minimum atomic E-state index is -1.46. The van der Waals surface area contributed by atoms with Crippen LogP contribution in [0, 0.1) is 5.92 Å². The van der Waals surface area contributed by atoms with E-state index in [-0.39, 0.29) is 5.91 Å². The minimum absolute atomic E-state index is 0.178. The Morgan fingerprint density at radius 2 is 2.40 bits per heavy atom. The van der Waals surface area contributed by atoms with Crippen LogP contribution in [0.3, 0.4) is 0 Å². The minimum Gasteiger partial charge on any atom is -0.355 e. The highest BCUT2D eigenvalue weighted by Gasteiger charge is 2.22. The van der Waals surface area contributed by atoms with Gasteiger partial charge in [0.25, 0.3) is 5.91 Å². The number of anilines is 1. The predicted molar refractivity (Wildman–Crippen MR) is 79.0 cm³/mol. The molecule has 0 unspecified atom stereocenters. The van der Waals surface area contributed by atoms with Crippen molar-refractivity contribution in [2.75, 3.05) is 37.6 Å². The van der Waals surface area contributed by atoms with Crippen LogP contribution >= 0.6 is 0 Å². The molecule has 20 heavy (non-hydrogen) atoms. The summed E-state index contributed by atoms with van der Waals surface area (Å²) < 4.78 is 16.4. The lowest BCUT2D eigenvalue weighted by Gasteiger charge is -2.21. The molecule has 1 saturated carbocycles. The normalized spacial score (nSPS) is 23.5. The van der Waals surface area contributed by atoms with E-state index >= 15 is 0 Å². The van der Waals surface area contributed by atoms with Gasteiger partial charge in [-0.25, -0.2) is 4.98 Å². The fourth-order valence-corrected chi connectivity index (χ4v) is 2.22. The second-order valence-electron chi connectivity index (χ2n) is 5.34. The lowest BCUT2D eigenvalue weighted by atomic mass is 10.3. The molecule has 0 spiro atoms. The Bertz CT molecular complexity index is 548. The van der Waals surface area contributed by atoms with E-state index in [1.54, 1.807) is 23.1 Å². The monoisotopic (exact) mass is 276 g/mol. The summed E-state index contributed by atoms with van der Waals surface area (Å²) in [5.74, 6) is 0.966. The van der Waals surface area contributed by atoms with Gasteiger partial charge < -0.3 is 15.5 Å². The summed E-state index contributed by atoms with van der Waals surface area (Å²) in [6.45, 7) is 1.14. The number of rotatable bonds is 4. The smallest absolute Gasteiger partial charge is 0.269 e. The third-order valence-corrected chi connectivity index (χ3v) is 3.61. The van der Waals surface area contributed by atoms with Gasteiger partial charge in [0.2, 0.25) is 0 Å². The van der Waals surface area contributed by atoms with Crippen molar-refractivity contribution in [1.82, 2.24) is 15.6 Å². The van der Waals surface area contributed by atoms with E-state index in [4.69, 9.17) is 2.74 Å². The number of carbonyl (C=O) groups excluding carboxylic acids is 1. The molecule has 5 nitrogen and oxygen atoms in total. The average molecular weight is 276 g/mol. The van der Waals surface area contributed by atoms with Crippen LogP contribution in [0.5, 0.6) is 0 Å². The number of pyridine rings is 1. The van der Waals surface area contributed by atoms with Gasteiger partial charge in [0, 0.05) is 28.9 Å². The summed E-state index contributed by atoms with van der Waals surface area (Å²) in [5, 5.41) is 6.09. The highest BCUT2D eigenvalue weighted by atomic mass is 16.1. The fraction of sp³-hybridized carbons (Fsp3) is 0.600. The van der Waals surface area contributed by atoms with Crippen LogP contribution < -0.4 is 15.5 Å². The van der Waals surface area contributed by atoms with Gasteiger partial charge in [-0.3, -0.25) is 4.79 Å². The SMILES string of the molecule is [2H]C1([2H])CCNCCN1c1cccc(C(=O)NCC2CC2)n1. The first-order valence-electron chi connectivity index (χ1n) is 8.30. The summed E-state index contributed by atoms with van der Waals surface area (Å²) in [6.07, 6.45) is 2.77. The van der Waals surface area contributed by atoms with Crippen LogP contribution in [0.4, 0.5) is 5.82 Å². The summed E-state index contributed by atoms with van der Waals surface area (Å²) in [7, 11) is 0. The van der Waals surface area contributed by atoms with Gasteiger partial charge in [-0.1, -0.05) is 6.07 Å². The van der Waals surface area contributed by atoms with E-state index in [2.05, 4.69) is 15.6 Å². The van der Waals surface area contributed by atoms with E-state index in [9.17, 15) is 4.79 Å². The summed E-state index contributed by atoms with van der Waals surface area (Å²) in [6, 6.07) is 5.21. The Morgan fingerprint density at radius 3 is 3.25 bits per heavy atom. The lowest BCUT2D eigenvalue weighted by Crippen LogP contribution is -2.30. The number of nitrogens with one attached hydrogen (secondary N) is 2. The molecule has 1 aromatic rings. The Kier molecular flexibility index (Phi) is 3.45. The molecule has 2 N–H and O–H groups in total. The van der Waals surface area contributed by atoms with Crippen molar-refractivity contribution >= 4 is 11.7 Å². The van der Waals surface area contributed by atoms with Gasteiger partial charge in [0.1, 0.15) is 11.5 Å². The quantitative estimate of drug-likeness (QED) is 0.862. The Hall–Kier alpha value is -1.62. The van der Waals surface area contributed by atoms with Crippen LogP contribution in [-0.2, 0) is 0 Å². The van der Waals surface area contributed by atoms with Crippen LogP contribution in [-0.4, -0.2) is 43.6 Å². The van der Waals surface area contributed by atoms with E-state index < -0.39 is 6.50 Å². The summed E-state index contributed by atoms with van der Waals surface area (Å²) >= 11 is 0. The van der Waals surface area contributed by atoms with Gasteiger partial charge >= 0.3 is 0 Å². The van der Waals surface area contributed by atoms with Gasteiger partial charge in [0.15, 0.2) is 0 Å². The predicted octanol–water partition coefficient (Wildman–Crippen LogP) is 1.02. The molecule has 3 rings (SSSR count). The summed E-state index contributed by atoms with van der Waals surface area (Å²) in [4.78, 5) is 18.2. The van der Waals surface area contributed by atoms with Gasteiger partial charge in [-0.15, -0.1) is 0 Å². The third kappa shape index (κ3) is 3.48. The molecule has 0 aromatic carbocycles. The zero-order valence-electron chi connectivity index (χ0n) is 13.6. The largest absolute Gasteiger partial charge is 0.355 e. The van der Waals surface area contributed by atoms with Crippen LogP contribution in [0.1, 0.15) is 32.5 Å². The molecule has 2 heterocycles. The van der Waals surface area contributed by atoms with Crippen molar-refractivity contribution in [3.63, 3.8) is 0 Å². The highest BCUT2D eigenvalue weighted by molar-refractivity contribution is 5.92. The van der Waals surface area contributed by atoms with E-state index in [0.717, 1.165) is 0 Å². The number of hydrogen-bond acceptors (Lipinski definition) is 4. The molecule has 2 fully saturated rings. The number of aromatic nitrogens is 1. The van der Waals surface area contributed by atoms with Gasteiger partial charge in [-0.05, 0) is 43.9 Å². The molecule has 1 aromatic heterocycles. The Balaban J connectivity index is 1.75. The number of hydrogen-bond donors (Lipinski definition) is 2. The molecule has 0 atom stereocenters. The molecule has 5 heteroatoms. The maximum Gasteiger partial charge on any atom is 0.269 e. The lowest BCUT2D eigenvalue weighted by molar-refractivity contribution is 0.0947. The molecule has 0 radical (unpaired) electrons. The average Bonchev–Trinajstić information content (AvgIpc) is 3.32. The van der Waals surface area contributed by atoms with Crippen molar-refractivity contribution < 1.29 is 7.54 Å². The second-order valence-corrected chi connectivity index (χ2v) is 5.34. The first kappa shape index (κ1) is 11.1. The van der Waals surface area contributed by atoms with E-state index in [1.807, 2.05) is 0 Å². The van der Waals surface area contributed by atoms with E-state index in [1.165, 1.54) is 12.8 Å². The van der Waals surface area contributed by atoms with Gasteiger partial charge in [-0.2, -0.15) is 0 Å². The molecule has 1 amide bonds. The first-order chi connectivity index (χ1) is 10.6. The van der Waals surface area contributed by atoms with Crippen molar-refractivity contribution in [2.45, 2.75) is 19.3 Å². The van der Waals surface area contributed by atoms with Crippen LogP contribution in [0.15, 0.2) is 18.2 Å². The molecular weight excluding hydrogens is 252 g/mol. The maximum absolute atomic E-state index is 12.1. The third-order valence-electron chi connectivity index (χ3n) is 3.61. The standard InChI is InChI=1S/C15H22N4O/c20-15(17-11-12-5-6-12)13-3-1-4-14(18-13)19-9-2-7-16-8-10-19/h1,3-4,12,16H,2,5-11H2,(H,17,20)/i9D2. The zero-order valence-corrected chi connectivity index (χ0v) is 11.6. The van der Waals surface area contributed by atoms with Gasteiger partial charge in [0.05, 0.1) is 0 Å². The topological polar surface area (TPSA) is 57.3 Å². The number of nitrogens with zero attached hydrogens (tertiary/aromatic N) is 2. The molecule has 1 aliphatic carbocycles. The molecule has 0 bridgehead atoms. The molecular formula is C15H22N4O. The fourth-order valence-electron chi connectivity index (χ4n) is 2.22. The van der Waals surface area contributed by atoms with Crippen molar-refractivity contribution in [3.8, 4) is 0 Å². The molecule has 1 aliphatic heterocycles. The number of carbonyl (C=O) groups is 1. The Morgan fingerprint density at radius 1 is 1.50 bits per heavy atom. The van der Waals surface area contributed by atoms with Crippen LogP contribution in [0.25, 0.3) is 0 Å². The molecule has 108 valence electrons. The van der Waals surface area contributed by atoms with Crippen molar-refractivity contribution in [1.29, 1.82) is 0 Å². The first-order valence-corrected chi connectivity index (χ1v) is 7.30. The van der Waals surface area contributed by atoms with Crippen molar-refractivity contribution in [2.24, 2.45) is 5.92 Å². The highest BCUT2D eigenvalue weighted by Crippen LogP contribution is 2.27. The molecule has 1 saturated heterocycles. The van der Waals surface area contributed by atoms with Crippen LogP contribution in [0.2, 0.25) is 0 Å². The number of amides is 1. The second kappa shape index (κ2) is 6.22. The zero-order chi connectivity index (χ0) is 15.6. The Labute approximate surface area is 122 Å². The maximum atomic E-state index is 12.1. The van der Waals surface area contributed by atoms with Crippen molar-refractivity contribution in [3.05, 3.63) is 23.9 Å².